The van der Waals surface area contributed by atoms with Crippen molar-refractivity contribution < 1.29 is 24.5 Å². The van der Waals surface area contributed by atoms with Gasteiger partial charge in [0.05, 0.1) is 23.4 Å². The van der Waals surface area contributed by atoms with Crippen LogP contribution in [0.25, 0.3) is 0 Å². The van der Waals surface area contributed by atoms with Crippen LogP contribution in [0, 0.1) is 45.3 Å². The molecule has 5 fully saturated rings. The number of hydrogen-bond donors (Lipinski definition) is 2. The van der Waals surface area contributed by atoms with E-state index < -0.39 is 5.60 Å². The number of carbonyl (C=O) groups is 1. The van der Waals surface area contributed by atoms with E-state index in [2.05, 4.69) is 41.5 Å². The quantitative estimate of drug-likeness (QED) is 0.430. The van der Waals surface area contributed by atoms with Gasteiger partial charge in [-0.15, -0.1) is 0 Å². The number of carbonyl (C=O) groups excluding carboxylic acids is 1. The van der Waals surface area contributed by atoms with Crippen LogP contribution in [0.2, 0.25) is 0 Å². The summed E-state index contributed by atoms with van der Waals surface area (Å²) in [7, 11) is 0. The van der Waals surface area contributed by atoms with Crippen molar-refractivity contribution in [1.29, 1.82) is 0 Å². The highest BCUT2D eigenvalue weighted by Crippen LogP contribution is 2.76. The Morgan fingerprint density at radius 2 is 1.54 bits per heavy atom. The van der Waals surface area contributed by atoms with Gasteiger partial charge in [0.1, 0.15) is 6.10 Å². The molecule has 0 aromatic carbocycles. The second-order valence-corrected chi connectivity index (χ2v) is 16.0. The molecule has 0 unspecified atom stereocenters. The zero-order chi connectivity index (χ0) is 27.4. The summed E-state index contributed by atoms with van der Waals surface area (Å²) in [4.78, 5) is 12.5. The Balaban J connectivity index is 1.54. The summed E-state index contributed by atoms with van der Waals surface area (Å²) in [5.74, 6) is 1.36. The number of hydrogen-bond acceptors (Lipinski definition) is 5. The molecular formula is C32H54O5. The second kappa shape index (κ2) is 8.43. The molecule has 2 N–H and O–H groups in total. The number of aliphatic hydroxyl groups excluding tert-OH is 1. The molecule has 0 aromatic rings. The molecule has 5 heteroatoms. The van der Waals surface area contributed by atoms with Crippen LogP contribution < -0.4 is 0 Å². The first-order valence-corrected chi connectivity index (χ1v) is 15.2. The average Bonchev–Trinajstić information content (AvgIpc) is 3.33. The van der Waals surface area contributed by atoms with Gasteiger partial charge in [0.15, 0.2) is 0 Å². The maximum Gasteiger partial charge on any atom is 0.302 e. The SMILES string of the molecule is CC(=O)O[C@@H]1C[C@@H]2[C@@H]([C@]3(C)CC[C@H](C(C)(C)O)O3)CC[C@@]2(C)[C@]2(C)CC[C@H]3C(C)(C)[C@@H](O)CC[C@]3(C)[C@@H]12. The summed E-state index contributed by atoms with van der Waals surface area (Å²) in [6.07, 6.45) is 8.65. The van der Waals surface area contributed by atoms with Crippen LogP contribution >= 0.6 is 0 Å². The van der Waals surface area contributed by atoms with Crippen molar-refractivity contribution >= 4 is 5.97 Å². The minimum atomic E-state index is -0.838. The molecule has 11 atom stereocenters. The Morgan fingerprint density at radius 1 is 0.892 bits per heavy atom. The topological polar surface area (TPSA) is 76.0 Å². The molecule has 5 aliphatic rings. The van der Waals surface area contributed by atoms with Gasteiger partial charge < -0.3 is 19.7 Å². The maximum absolute atomic E-state index is 12.5. The van der Waals surface area contributed by atoms with Crippen LogP contribution in [0.1, 0.15) is 120 Å². The van der Waals surface area contributed by atoms with Crippen molar-refractivity contribution in [2.24, 2.45) is 45.3 Å². The fraction of sp³-hybridized carbons (Fsp3) is 0.969. The Labute approximate surface area is 225 Å². The molecule has 5 rings (SSSR count). The third-order valence-electron chi connectivity index (χ3n) is 13.5. The van der Waals surface area contributed by atoms with Crippen LogP contribution in [-0.4, -0.2) is 45.7 Å². The zero-order valence-corrected chi connectivity index (χ0v) is 25.0. The minimum absolute atomic E-state index is 0.0294. The van der Waals surface area contributed by atoms with Crippen LogP contribution in [0.4, 0.5) is 0 Å². The second-order valence-electron chi connectivity index (χ2n) is 16.0. The predicted molar refractivity (Wildman–Crippen MR) is 145 cm³/mol. The predicted octanol–water partition coefficient (Wildman–Crippen LogP) is 6.28. The molecule has 0 radical (unpaired) electrons. The smallest absolute Gasteiger partial charge is 0.302 e. The van der Waals surface area contributed by atoms with Crippen molar-refractivity contribution in [1.82, 2.24) is 0 Å². The van der Waals surface area contributed by atoms with Gasteiger partial charge in [-0.25, -0.2) is 0 Å². The van der Waals surface area contributed by atoms with Gasteiger partial charge in [-0.3, -0.25) is 4.79 Å². The van der Waals surface area contributed by atoms with Gasteiger partial charge in [-0.2, -0.15) is 0 Å². The highest BCUT2D eigenvalue weighted by atomic mass is 16.5. The summed E-state index contributed by atoms with van der Waals surface area (Å²) < 4.78 is 13.1. The normalized spacial score (nSPS) is 53.2. The summed E-state index contributed by atoms with van der Waals surface area (Å²) in [6, 6.07) is 0. The molecule has 1 heterocycles. The van der Waals surface area contributed by atoms with Gasteiger partial charge in [-0.05, 0) is 118 Å². The third-order valence-corrected chi connectivity index (χ3v) is 13.5. The fourth-order valence-corrected chi connectivity index (χ4v) is 11.4. The van der Waals surface area contributed by atoms with Crippen molar-refractivity contribution in [3.05, 3.63) is 0 Å². The summed E-state index contributed by atoms with van der Waals surface area (Å²) >= 11 is 0. The Hall–Kier alpha value is -0.650. The average molecular weight is 519 g/mol. The highest BCUT2D eigenvalue weighted by Gasteiger charge is 2.72. The van der Waals surface area contributed by atoms with Crippen molar-refractivity contribution in [2.75, 3.05) is 0 Å². The fourth-order valence-electron chi connectivity index (χ4n) is 11.4. The standard InChI is InChI=1S/C32H54O5/c1-19(33)36-22-18-21-20(32(9)17-13-25(37-32)28(4,5)35)10-15-30(21,7)31(8)16-11-23-27(2,3)24(34)12-14-29(23,6)26(22)31/h20-26,34-35H,10-18H2,1-9H3/t20-,21+,22+,23-,24-,25+,26+,29-,30+,31+,32-/m0/s1. The van der Waals surface area contributed by atoms with Crippen molar-refractivity contribution in [2.45, 2.75) is 150 Å². The minimum Gasteiger partial charge on any atom is -0.462 e. The Bertz CT molecular complexity index is 923. The van der Waals surface area contributed by atoms with Crippen LogP contribution in [0.5, 0.6) is 0 Å². The lowest BCUT2D eigenvalue weighted by Gasteiger charge is -2.71. The molecule has 1 saturated heterocycles. The van der Waals surface area contributed by atoms with Crippen LogP contribution in [0.15, 0.2) is 0 Å². The van der Waals surface area contributed by atoms with E-state index in [1.165, 1.54) is 6.42 Å². The molecule has 212 valence electrons. The molecule has 4 aliphatic carbocycles. The number of fused-ring (bicyclic) bond motifs is 5. The first-order chi connectivity index (χ1) is 16.9. The van der Waals surface area contributed by atoms with Gasteiger partial charge in [0, 0.05) is 12.8 Å². The maximum atomic E-state index is 12.5. The molecule has 5 nitrogen and oxygen atoms in total. The van der Waals surface area contributed by atoms with E-state index in [1.54, 1.807) is 6.92 Å². The first kappa shape index (κ1) is 27.9. The van der Waals surface area contributed by atoms with Crippen LogP contribution in [0.3, 0.4) is 0 Å². The highest BCUT2D eigenvalue weighted by molar-refractivity contribution is 5.66. The first-order valence-electron chi connectivity index (χ1n) is 15.2. The number of ether oxygens (including phenoxy) is 2. The third kappa shape index (κ3) is 3.83. The summed E-state index contributed by atoms with van der Waals surface area (Å²) in [5, 5.41) is 21.7. The molecular weight excluding hydrogens is 464 g/mol. The van der Waals surface area contributed by atoms with Crippen LogP contribution in [-0.2, 0) is 14.3 Å². The Kier molecular flexibility index (Phi) is 6.35. The summed E-state index contributed by atoms with van der Waals surface area (Å²) in [5.41, 5.74) is -1.00. The molecule has 4 saturated carbocycles. The van der Waals surface area contributed by atoms with E-state index in [9.17, 15) is 15.0 Å². The van der Waals surface area contributed by atoms with E-state index in [4.69, 9.17) is 9.47 Å². The van der Waals surface area contributed by atoms with Crippen molar-refractivity contribution in [3.63, 3.8) is 0 Å². The molecule has 37 heavy (non-hydrogen) atoms. The van der Waals surface area contributed by atoms with Gasteiger partial charge >= 0.3 is 5.97 Å². The lowest BCUT2D eigenvalue weighted by molar-refractivity contribution is -0.261. The Morgan fingerprint density at radius 3 is 2.14 bits per heavy atom. The van der Waals surface area contributed by atoms with E-state index in [0.717, 1.165) is 51.4 Å². The van der Waals surface area contributed by atoms with Gasteiger partial charge in [0.25, 0.3) is 0 Å². The van der Waals surface area contributed by atoms with E-state index in [1.807, 2.05) is 13.8 Å². The number of esters is 1. The molecule has 0 aromatic heterocycles. The van der Waals surface area contributed by atoms with Crippen molar-refractivity contribution in [3.8, 4) is 0 Å². The molecule has 0 spiro atoms. The molecule has 0 amide bonds. The lowest BCUT2D eigenvalue weighted by Crippen LogP contribution is -2.68. The van der Waals surface area contributed by atoms with E-state index in [0.29, 0.717) is 17.8 Å². The van der Waals surface area contributed by atoms with E-state index >= 15 is 0 Å². The zero-order valence-electron chi connectivity index (χ0n) is 25.0. The summed E-state index contributed by atoms with van der Waals surface area (Å²) in [6.45, 7) is 19.7. The molecule has 1 aliphatic heterocycles. The van der Waals surface area contributed by atoms with Gasteiger partial charge in [-0.1, -0.05) is 34.6 Å². The number of aliphatic hydroxyl groups is 2. The van der Waals surface area contributed by atoms with Gasteiger partial charge in [0.2, 0.25) is 0 Å². The number of rotatable bonds is 3. The largest absolute Gasteiger partial charge is 0.462 e. The lowest BCUT2D eigenvalue weighted by atomic mass is 9.35. The van der Waals surface area contributed by atoms with E-state index in [-0.39, 0.29) is 57.5 Å². The molecule has 0 bridgehead atoms. The monoisotopic (exact) mass is 518 g/mol.